The zero-order chi connectivity index (χ0) is 14.9. The third-order valence-electron chi connectivity index (χ3n) is 4.96. The van der Waals surface area contributed by atoms with Crippen LogP contribution in [0.25, 0.3) is 0 Å². The molecular formula is C16H23N3O2S. The number of nitrogens with zero attached hydrogens (tertiary/aromatic N) is 2. The first-order chi connectivity index (χ1) is 10.8. The Hall–Kier alpha value is -1.14. The SMILES string of the molecule is O=C(NC1COC1)N1CCC(c2nc3c(s2)CCCC3)CC1. The summed E-state index contributed by atoms with van der Waals surface area (Å²) >= 11 is 1.93. The first kappa shape index (κ1) is 14.5. The Labute approximate surface area is 135 Å². The molecule has 2 saturated heterocycles. The smallest absolute Gasteiger partial charge is 0.317 e. The molecule has 0 radical (unpaired) electrons. The highest BCUT2D eigenvalue weighted by molar-refractivity contribution is 7.11. The maximum absolute atomic E-state index is 12.1. The molecule has 22 heavy (non-hydrogen) atoms. The number of piperidine rings is 1. The summed E-state index contributed by atoms with van der Waals surface area (Å²) in [6, 6.07) is 0.293. The molecule has 1 aromatic heterocycles. The highest BCUT2D eigenvalue weighted by Crippen LogP contribution is 2.35. The van der Waals surface area contributed by atoms with E-state index in [1.54, 1.807) is 0 Å². The minimum Gasteiger partial charge on any atom is -0.377 e. The fraction of sp³-hybridized carbons (Fsp3) is 0.750. The van der Waals surface area contributed by atoms with Crippen LogP contribution >= 0.6 is 11.3 Å². The number of carbonyl (C=O) groups excluding carboxylic acids is 1. The predicted octanol–water partition coefficient (Wildman–Crippen LogP) is 2.31. The van der Waals surface area contributed by atoms with Crippen LogP contribution in [0.1, 0.15) is 47.2 Å². The van der Waals surface area contributed by atoms with Gasteiger partial charge < -0.3 is 15.0 Å². The lowest BCUT2D eigenvalue weighted by atomic mass is 9.97. The van der Waals surface area contributed by atoms with Gasteiger partial charge in [0, 0.05) is 23.9 Å². The number of aryl methyl sites for hydroxylation is 2. The monoisotopic (exact) mass is 321 g/mol. The number of carbonyl (C=O) groups is 1. The first-order valence-corrected chi connectivity index (χ1v) is 9.23. The highest BCUT2D eigenvalue weighted by Gasteiger charge is 2.29. The van der Waals surface area contributed by atoms with E-state index in [4.69, 9.17) is 9.72 Å². The third-order valence-corrected chi connectivity index (χ3v) is 6.28. The molecule has 0 bridgehead atoms. The number of likely N-dealkylation sites (tertiary alicyclic amines) is 1. The van der Waals surface area contributed by atoms with Crippen LogP contribution in [0.2, 0.25) is 0 Å². The van der Waals surface area contributed by atoms with Crippen LogP contribution in [0.5, 0.6) is 0 Å². The van der Waals surface area contributed by atoms with Crippen molar-refractivity contribution in [1.82, 2.24) is 15.2 Å². The molecule has 2 fully saturated rings. The van der Waals surface area contributed by atoms with Crippen LogP contribution in [0, 0.1) is 0 Å². The molecule has 0 spiro atoms. The molecule has 2 aliphatic heterocycles. The molecule has 1 N–H and O–H groups in total. The van der Waals surface area contributed by atoms with Crippen molar-refractivity contribution in [2.75, 3.05) is 26.3 Å². The van der Waals surface area contributed by atoms with Crippen LogP contribution in [0.4, 0.5) is 4.79 Å². The number of ether oxygens (including phenoxy) is 1. The number of thiazole rings is 1. The van der Waals surface area contributed by atoms with Crippen molar-refractivity contribution in [3.05, 3.63) is 15.6 Å². The summed E-state index contributed by atoms with van der Waals surface area (Å²) in [6.45, 7) is 3.00. The van der Waals surface area contributed by atoms with Crippen molar-refractivity contribution in [2.24, 2.45) is 0 Å². The van der Waals surface area contributed by atoms with E-state index in [0.717, 1.165) is 32.4 Å². The minimum absolute atomic E-state index is 0.0742. The van der Waals surface area contributed by atoms with Gasteiger partial charge in [0.2, 0.25) is 0 Å². The van der Waals surface area contributed by atoms with Gasteiger partial charge in [-0.05, 0) is 38.5 Å². The zero-order valence-electron chi connectivity index (χ0n) is 12.8. The van der Waals surface area contributed by atoms with Gasteiger partial charge in [0.1, 0.15) is 0 Å². The van der Waals surface area contributed by atoms with Gasteiger partial charge in [-0.15, -0.1) is 11.3 Å². The predicted molar refractivity (Wildman–Crippen MR) is 85.4 cm³/mol. The van der Waals surface area contributed by atoms with E-state index in [9.17, 15) is 4.79 Å². The molecule has 2 amide bonds. The van der Waals surface area contributed by atoms with Crippen molar-refractivity contribution in [2.45, 2.75) is 50.5 Å². The van der Waals surface area contributed by atoms with E-state index in [1.807, 2.05) is 16.2 Å². The average molecular weight is 321 g/mol. The first-order valence-electron chi connectivity index (χ1n) is 8.41. The number of nitrogens with one attached hydrogen (secondary N) is 1. The van der Waals surface area contributed by atoms with Crippen LogP contribution in [-0.2, 0) is 17.6 Å². The minimum atomic E-state index is 0.0742. The lowest BCUT2D eigenvalue weighted by Gasteiger charge is -2.34. The fourth-order valence-electron chi connectivity index (χ4n) is 3.46. The number of hydrogen-bond acceptors (Lipinski definition) is 4. The molecule has 0 unspecified atom stereocenters. The van der Waals surface area contributed by atoms with Crippen LogP contribution in [0.15, 0.2) is 0 Å². The second kappa shape index (κ2) is 6.16. The van der Waals surface area contributed by atoms with Crippen molar-refractivity contribution >= 4 is 17.4 Å². The summed E-state index contributed by atoms with van der Waals surface area (Å²) in [5, 5.41) is 4.35. The summed E-state index contributed by atoms with van der Waals surface area (Å²) in [5.74, 6) is 0.548. The van der Waals surface area contributed by atoms with E-state index in [1.165, 1.54) is 34.8 Å². The van der Waals surface area contributed by atoms with E-state index in [0.29, 0.717) is 19.1 Å². The van der Waals surface area contributed by atoms with Crippen molar-refractivity contribution < 1.29 is 9.53 Å². The third kappa shape index (κ3) is 2.86. The van der Waals surface area contributed by atoms with E-state index >= 15 is 0 Å². The molecule has 120 valence electrons. The molecule has 1 aliphatic carbocycles. The molecule has 0 saturated carbocycles. The molecule has 3 heterocycles. The maximum atomic E-state index is 12.1. The van der Waals surface area contributed by atoms with Gasteiger partial charge in [-0.3, -0.25) is 0 Å². The molecular weight excluding hydrogens is 298 g/mol. The normalized spacial score (nSPS) is 23.0. The lowest BCUT2D eigenvalue weighted by molar-refractivity contribution is -0.00239. The molecule has 6 heteroatoms. The van der Waals surface area contributed by atoms with Crippen molar-refractivity contribution in [1.29, 1.82) is 0 Å². The number of fused-ring (bicyclic) bond motifs is 1. The highest BCUT2D eigenvalue weighted by atomic mass is 32.1. The average Bonchev–Trinajstić information content (AvgIpc) is 2.95. The van der Waals surface area contributed by atoms with Crippen molar-refractivity contribution in [3.63, 3.8) is 0 Å². The van der Waals surface area contributed by atoms with Crippen LogP contribution < -0.4 is 5.32 Å². The van der Waals surface area contributed by atoms with E-state index in [2.05, 4.69) is 5.32 Å². The Morgan fingerprint density at radius 3 is 2.68 bits per heavy atom. The number of aromatic nitrogens is 1. The van der Waals surface area contributed by atoms with Gasteiger partial charge in [0.15, 0.2) is 0 Å². The number of hydrogen-bond donors (Lipinski definition) is 1. The van der Waals surface area contributed by atoms with Crippen LogP contribution in [-0.4, -0.2) is 48.3 Å². The lowest BCUT2D eigenvalue weighted by Crippen LogP contribution is -2.54. The molecule has 4 rings (SSSR count). The molecule has 0 aromatic carbocycles. The topological polar surface area (TPSA) is 54.5 Å². The van der Waals surface area contributed by atoms with Gasteiger partial charge in [-0.1, -0.05) is 0 Å². The maximum Gasteiger partial charge on any atom is 0.317 e. The van der Waals surface area contributed by atoms with Crippen molar-refractivity contribution in [3.8, 4) is 0 Å². The van der Waals surface area contributed by atoms with Gasteiger partial charge in [0.05, 0.1) is 30.0 Å². The standard InChI is InChI=1S/C16H23N3O2S/c20-16(17-12-9-21-10-12)19-7-5-11(6-8-19)15-18-13-3-1-2-4-14(13)22-15/h11-12H,1-10H2,(H,17,20). The zero-order valence-corrected chi connectivity index (χ0v) is 13.7. The second-order valence-corrected chi connectivity index (χ2v) is 7.69. The molecule has 3 aliphatic rings. The summed E-state index contributed by atoms with van der Waals surface area (Å²) in [7, 11) is 0. The summed E-state index contributed by atoms with van der Waals surface area (Å²) < 4.78 is 5.10. The van der Waals surface area contributed by atoms with Gasteiger partial charge in [-0.2, -0.15) is 0 Å². The number of rotatable bonds is 2. The Morgan fingerprint density at radius 1 is 1.23 bits per heavy atom. The van der Waals surface area contributed by atoms with E-state index in [-0.39, 0.29) is 12.1 Å². The summed E-state index contributed by atoms with van der Waals surface area (Å²) in [5.41, 5.74) is 1.36. The van der Waals surface area contributed by atoms with Gasteiger partial charge in [-0.25, -0.2) is 9.78 Å². The van der Waals surface area contributed by atoms with E-state index < -0.39 is 0 Å². The quantitative estimate of drug-likeness (QED) is 0.909. The second-order valence-electron chi connectivity index (χ2n) is 6.57. The molecule has 0 atom stereocenters. The Kier molecular flexibility index (Phi) is 4.05. The van der Waals surface area contributed by atoms with Crippen LogP contribution in [0.3, 0.4) is 0 Å². The Balaban J connectivity index is 1.33. The summed E-state index contributed by atoms with van der Waals surface area (Å²) in [4.78, 5) is 20.5. The Morgan fingerprint density at radius 2 is 2.00 bits per heavy atom. The number of urea groups is 1. The largest absolute Gasteiger partial charge is 0.377 e. The Bertz CT molecular complexity index is 524. The number of amides is 2. The molecule has 5 nitrogen and oxygen atoms in total. The fourth-order valence-corrected chi connectivity index (χ4v) is 4.78. The van der Waals surface area contributed by atoms with Gasteiger partial charge >= 0.3 is 6.03 Å². The molecule has 1 aromatic rings. The van der Waals surface area contributed by atoms with Gasteiger partial charge in [0.25, 0.3) is 0 Å². The summed E-state index contributed by atoms with van der Waals surface area (Å²) in [6.07, 6.45) is 7.08.